The molecule has 1 saturated heterocycles. The van der Waals surface area contributed by atoms with Crippen molar-refractivity contribution in [3.05, 3.63) is 59.7 Å². The van der Waals surface area contributed by atoms with Crippen LogP contribution in [-0.4, -0.2) is 54.7 Å². The van der Waals surface area contributed by atoms with Gasteiger partial charge in [-0.1, -0.05) is 31.4 Å². The molecule has 0 radical (unpaired) electrons. The van der Waals surface area contributed by atoms with Crippen molar-refractivity contribution in [1.82, 2.24) is 4.90 Å². The molecule has 4 rings (SSSR count). The number of amides is 2. The Balaban J connectivity index is 1.41. The molecule has 2 aromatic carbocycles. The summed E-state index contributed by atoms with van der Waals surface area (Å²) in [5.41, 5.74) is 1.84. The second-order valence-corrected chi connectivity index (χ2v) is 8.88. The first-order chi connectivity index (χ1) is 16.0. The number of aliphatic hydroxyl groups is 1. The number of carbonyl (C=O) groups is 2. The summed E-state index contributed by atoms with van der Waals surface area (Å²) in [5.74, 6) is 0.897. The fourth-order valence-electron chi connectivity index (χ4n) is 4.70. The van der Waals surface area contributed by atoms with Crippen LogP contribution in [0.5, 0.6) is 5.75 Å². The summed E-state index contributed by atoms with van der Waals surface area (Å²) in [5, 5.41) is 14.0. The lowest BCUT2D eigenvalue weighted by atomic mass is 9.88. The molecule has 1 saturated carbocycles. The van der Waals surface area contributed by atoms with E-state index in [4.69, 9.17) is 9.47 Å². The molecule has 0 spiro atoms. The van der Waals surface area contributed by atoms with Gasteiger partial charge in [0.1, 0.15) is 18.5 Å². The van der Waals surface area contributed by atoms with Gasteiger partial charge in [-0.15, -0.1) is 0 Å². The second-order valence-electron chi connectivity index (χ2n) is 8.88. The summed E-state index contributed by atoms with van der Waals surface area (Å²) in [6, 6.07) is 13.6. The van der Waals surface area contributed by atoms with Gasteiger partial charge in [0.05, 0.1) is 19.8 Å². The van der Waals surface area contributed by atoms with Gasteiger partial charge in [0.25, 0.3) is 5.91 Å². The van der Waals surface area contributed by atoms with Crippen molar-refractivity contribution in [3.8, 4) is 5.75 Å². The number of rotatable bonds is 7. The highest BCUT2D eigenvalue weighted by atomic mass is 16.5. The molecule has 2 aromatic rings. The lowest BCUT2D eigenvalue weighted by Crippen LogP contribution is -2.53. The van der Waals surface area contributed by atoms with E-state index in [2.05, 4.69) is 5.32 Å². The van der Waals surface area contributed by atoms with Crippen LogP contribution < -0.4 is 10.1 Å². The molecule has 7 heteroatoms. The predicted octanol–water partition coefficient (Wildman–Crippen LogP) is 3.79. The zero-order chi connectivity index (χ0) is 23.2. The molecule has 2 N–H and O–H groups in total. The van der Waals surface area contributed by atoms with E-state index in [0.717, 1.165) is 12.8 Å². The number of nitrogens with one attached hydrogen (secondary N) is 1. The van der Waals surface area contributed by atoms with Crippen LogP contribution in [0.3, 0.4) is 0 Å². The molecule has 1 aliphatic heterocycles. The number of aliphatic hydroxyl groups excluding tert-OH is 1. The molecule has 2 fully saturated rings. The third-order valence-electron chi connectivity index (χ3n) is 6.64. The first kappa shape index (κ1) is 23.3. The van der Waals surface area contributed by atoms with Crippen molar-refractivity contribution in [3.63, 3.8) is 0 Å². The van der Waals surface area contributed by atoms with Crippen LogP contribution in [0.4, 0.5) is 5.69 Å². The lowest BCUT2D eigenvalue weighted by Gasteiger charge is -2.40. The third kappa shape index (κ3) is 5.72. The molecule has 0 aromatic heterocycles. The van der Waals surface area contributed by atoms with Gasteiger partial charge in [0, 0.05) is 17.8 Å². The Hall–Kier alpha value is -2.90. The zero-order valence-corrected chi connectivity index (χ0v) is 19.0. The van der Waals surface area contributed by atoms with Crippen LogP contribution in [0.1, 0.15) is 54.1 Å². The first-order valence-electron chi connectivity index (χ1n) is 11.7. The van der Waals surface area contributed by atoms with Crippen LogP contribution in [0.15, 0.2) is 48.5 Å². The maximum atomic E-state index is 12.6. The van der Waals surface area contributed by atoms with Crippen molar-refractivity contribution >= 4 is 17.5 Å². The number of ether oxygens (including phenoxy) is 2. The molecular formula is C26H32N2O5. The number of hydrogen-bond donors (Lipinski definition) is 2. The number of anilines is 1. The summed E-state index contributed by atoms with van der Waals surface area (Å²) < 4.78 is 10.6. The fraction of sp³-hybridized carbons (Fsp3) is 0.462. The SMILES string of the molecule is COc1ccc(C(=O)Nc2ccc(C(O)C3COCC(=O)N3CC3CCCCC3)cc2)cc1. The van der Waals surface area contributed by atoms with Gasteiger partial charge < -0.3 is 24.8 Å². The standard InChI is InChI=1S/C26H32N2O5/c1-32-22-13-9-20(10-14-22)26(31)27-21-11-7-19(8-12-21)25(30)23-16-33-17-24(29)28(23)15-18-5-3-2-4-6-18/h7-14,18,23,25,30H,2-6,15-17H2,1H3,(H,27,31). The van der Waals surface area contributed by atoms with Gasteiger partial charge in [0.2, 0.25) is 5.91 Å². The highest BCUT2D eigenvalue weighted by Crippen LogP contribution is 2.30. The molecule has 7 nitrogen and oxygen atoms in total. The topological polar surface area (TPSA) is 88.1 Å². The van der Waals surface area contributed by atoms with Gasteiger partial charge >= 0.3 is 0 Å². The van der Waals surface area contributed by atoms with Crippen molar-refractivity contribution in [2.75, 3.05) is 32.2 Å². The van der Waals surface area contributed by atoms with E-state index in [1.807, 2.05) is 4.90 Å². The Morgan fingerprint density at radius 2 is 1.82 bits per heavy atom. The monoisotopic (exact) mass is 452 g/mol. The molecule has 0 bridgehead atoms. The average molecular weight is 453 g/mol. The highest BCUT2D eigenvalue weighted by Gasteiger charge is 2.36. The molecule has 33 heavy (non-hydrogen) atoms. The largest absolute Gasteiger partial charge is 0.497 e. The van der Waals surface area contributed by atoms with Crippen LogP contribution in [0.25, 0.3) is 0 Å². The van der Waals surface area contributed by atoms with E-state index in [1.54, 1.807) is 55.6 Å². The van der Waals surface area contributed by atoms with E-state index in [9.17, 15) is 14.7 Å². The molecule has 2 aliphatic rings. The molecule has 2 unspecified atom stereocenters. The molecular weight excluding hydrogens is 420 g/mol. The maximum absolute atomic E-state index is 12.6. The number of benzene rings is 2. The number of nitrogens with zero attached hydrogens (tertiary/aromatic N) is 1. The van der Waals surface area contributed by atoms with Gasteiger partial charge in [0.15, 0.2) is 0 Å². The van der Waals surface area contributed by atoms with Crippen molar-refractivity contribution in [2.45, 2.75) is 44.2 Å². The summed E-state index contributed by atoms with van der Waals surface area (Å²) in [4.78, 5) is 26.9. The molecule has 176 valence electrons. The van der Waals surface area contributed by atoms with Crippen LogP contribution in [-0.2, 0) is 9.53 Å². The molecule has 1 heterocycles. The maximum Gasteiger partial charge on any atom is 0.255 e. The summed E-state index contributed by atoms with van der Waals surface area (Å²) >= 11 is 0. The normalized spacial score (nSPS) is 20.4. The minimum absolute atomic E-state index is 0.0563. The second kappa shape index (κ2) is 10.8. The van der Waals surface area contributed by atoms with Gasteiger partial charge in [-0.2, -0.15) is 0 Å². The van der Waals surface area contributed by atoms with Crippen LogP contribution in [0, 0.1) is 5.92 Å². The van der Waals surface area contributed by atoms with Gasteiger partial charge in [-0.3, -0.25) is 9.59 Å². The van der Waals surface area contributed by atoms with Crippen LogP contribution >= 0.6 is 0 Å². The predicted molar refractivity (Wildman–Crippen MR) is 125 cm³/mol. The van der Waals surface area contributed by atoms with Crippen molar-refractivity contribution in [1.29, 1.82) is 0 Å². The van der Waals surface area contributed by atoms with Gasteiger partial charge in [-0.25, -0.2) is 0 Å². The Labute approximate surface area is 194 Å². The van der Waals surface area contributed by atoms with Gasteiger partial charge in [-0.05, 0) is 60.7 Å². The average Bonchev–Trinajstić information content (AvgIpc) is 2.86. The van der Waals surface area contributed by atoms with E-state index in [-0.39, 0.29) is 18.4 Å². The smallest absolute Gasteiger partial charge is 0.255 e. The van der Waals surface area contributed by atoms with Crippen LogP contribution in [0.2, 0.25) is 0 Å². The van der Waals surface area contributed by atoms with E-state index < -0.39 is 12.1 Å². The molecule has 2 atom stereocenters. The molecule has 1 aliphatic carbocycles. The number of methoxy groups -OCH3 is 1. The number of morpholine rings is 1. The van der Waals surface area contributed by atoms with E-state index in [0.29, 0.717) is 41.6 Å². The van der Waals surface area contributed by atoms with Crippen molar-refractivity contribution < 1.29 is 24.2 Å². The number of hydrogen-bond acceptors (Lipinski definition) is 5. The lowest BCUT2D eigenvalue weighted by molar-refractivity contribution is -0.155. The quantitative estimate of drug-likeness (QED) is 0.667. The Bertz CT molecular complexity index is 938. The highest BCUT2D eigenvalue weighted by molar-refractivity contribution is 6.04. The summed E-state index contributed by atoms with van der Waals surface area (Å²) in [6.45, 7) is 1.07. The van der Waals surface area contributed by atoms with E-state index in [1.165, 1.54) is 19.3 Å². The van der Waals surface area contributed by atoms with Crippen molar-refractivity contribution in [2.24, 2.45) is 5.92 Å². The molecule has 2 amide bonds. The third-order valence-corrected chi connectivity index (χ3v) is 6.64. The summed E-state index contributed by atoms with van der Waals surface area (Å²) in [7, 11) is 1.58. The minimum Gasteiger partial charge on any atom is -0.497 e. The summed E-state index contributed by atoms with van der Waals surface area (Å²) in [6.07, 6.45) is 5.09. The first-order valence-corrected chi connectivity index (χ1v) is 11.7. The minimum atomic E-state index is -0.857. The fourth-order valence-corrected chi connectivity index (χ4v) is 4.70. The Morgan fingerprint density at radius 1 is 1.12 bits per heavy atom. The Morgan fingerprint density at radius 3 is 2.48 bits per heavy atom. The number of carbonyl (C=O) groups excluding carboxylic acids is 2. The van der Waals surface area contributed by atoms with E-state index >= 15 is 0 Å². The Kier molecular flexibility index (Phi) is 7.62. The zero-order valence-electron chi connectivity index (χ0n) is 19.0.